The predicted octanol–water partition coefficient (Wildman–Crippen LogP) is 4.61. The largest absolute Gasteiger partial charge is 0.496 e. The molecule has 6 rings (SSSR count). The van der Waals surface area contributed by atoms with Gasteiger partial charge in [-0.3, -0.25) is 4.79 Å². The zero-order valence-electron chi connectivity index (χ0n) is 21.0. The highest BCUT2D eigenvalue weighted by atomic mass is 16.5. The molecule has 2 aromatic heterocycles. The van der Waals surface area contributed by atoms with E-state index < -0.39 is 0 Å². The Morgan fingerprint density at radius 2 is 1.65 bits per heavy atom. The lowest BCUT2D eigenvalue weighted by Gasteiger charge is -2.24. The molecule has 5 aromatic rings. The van der Waals surface area contributed by atoms with Gasteiger partial charge in [-0.2, -0.15) is 0 Å². The summed E-state index contributed by atoms with van der Waals surface area (Å²) in [5.74, 6) is 2.13. The third kappa shape index (κ3) is 4.14. The molecule has 1 saturated heterocycles. The van der Waals surface area contributed by atoms with Gasteiger partial charge in [0.05, 0.1) is 18.2 Å². The van der Waals surface area contributed by atoms with Crippen molar-refractivity contribution in [3.8, 4) is 17.1 Å². The Morgan fingerprint density at radius 3 is 2.49 bits per heavy atom. The number of hydrogen-bond acceptors (Lipinski definition) is 6. The van der Waals surface area contributed by atoms with Crippen molar-refractivity contribution in [1.29, 1.82) is 0 Å². The fraction of sp³-hybridized carbons (Fsp3) is 0.241. The van der Waals surface area contributed by atoms with E-state index in [-0.39, 0.29) is 5.91 Å². The van der Waals surface area contributed by atoms with Crippen LogP contribution in [0.15, 0.2) is 72.8 Å². The van der Waals surface area contributed by atoms with Gasteiger partial charge in [0.2, 0.25) is 5.95 Å². The maximum Gasteiger partial charge on any atom is 0.257 e. The second-order valence-electron chi connectivity index (χ2n) is 9.31. The fourth-order valence-electron chi connectivity index (χ4n) is 4.98. The summed E-state index contributed by atoms with van der Waals surface area (Å²) in [6, 6.07) is 23.7. The van der Waals surface area contributed by atoms with Crippen LogP contribution in [0.2, 0.25) is 0 Å². The third-order valence-corrected chi connectivity index (χ3v) is 6.94. The zero-order chi connectivity index (χ0) is 25.4. The molecular formula is C29H28N6O2. The van der Waals surface area contributed by atoms with Gasteiger partial charge in [0.15, 0.2) is 11.5 Å². The summed E-state index contributed by atoms with van der Waals surface area (Å²) in [7, 11) is 1.59. The number of benzene rings is 3. The van der Waals surface area contributed by atoms with Crippen molar-refractivity contribution < 1.29 is 9.53 Å². The number of hydrogen-bond donors (Lipinski definition) is 0. The first-order valence-electron chi connectivity index (χ1n) is 12.5. The van der Waals surface area contributed by atoms with Crippen molar-refractivity contribution >= 4 is 28.4 Å². The standard InChI is InChI=1S/C29H28N6O2/c1-20-12-14-21(15-13-20)26-31-32-27-22-8-3-5-10-24(22)30-29(35(26)27)34-17-7-16-33(18-19-34)28(36)23-9-4-6-11-25(23)37-2/h3-6,8-15H,7,16-19H2,1-2H3. The number of methoxy groups -OCH3 is 1. The SMILES string of the molecule is COc1ccccc1C(=O)N1CCCN(c2nc3ccccc3c3nnc(-c4ccc(C)cc4)n23)CC1. The topological polar surface area (TPSA) is 75.9 Å². The lowest BCUT2D eigenvalue weighted by Crippen LogP contribution is -2.36. The minimum absolute atomic E-state index is 0.0134. The molecule has 0 bridgehead atoms. The number of fused-ring (bicyclic) bond motifs is 3. The molecule has 3 aromatic carbocycles. The molecule has 0 saturated carbocycles. The van der Waals surface area contributed by atoms with E-state index in [2.05, 4.69) is 50.7 Å². The quantitative estimate of drug-likeness (QED) is 0.365. The fourth-order valence-corrected chi connectivity index (χ4v) is 4.98. The van der Waals surface area contributed by atoms with Crippen molar-refractivity contribution in [2.75, 3.05) is 38.2 Å². The molecule has 1 aliphatic heterocycles. The Hall–Kier alpha value is -4.46. The van der Waals surface area contributed by atoms with E-state index in [9.17, 15) is 4.79 Å². The summed E-state index contributed by atoms with van der Waals surface area (Å²) in [5, 5.41) is 10.1. The maximum absolute atomic E-state index is 13.4. The molecule has 186 valence electrons. The lowest BCUT2D eigenvalue weighted by molar-refractivity contribution is 0.0763. The summed E-state index contributed by atoms with van der Waals surface area (Å²) in [5.41, 5.74) is 4.42. The second-order valence-corrected chi connectivity index (χ2v) is 9.31. The van der Waals surface area contributed by atoms with Crippen LogP contribution >= 0.6 is 0 Å². The van der Waals surface area contributed by atoms with Crippen molar-refractivity contribution in [2.24, 2.45) is 0 Å². The van der Waals surface area contributed by atoms with Crippen LogP contribution in [0, 0.1) is 6.92 Å². The molecule has 37 heavy (non-hydrogen) atoms. The van der Waals surface area contributed by atoms with Crippen LogP contribution in [0.4, 0.5) is 5.95 Å². The normalized spacial score (nSPS) is 14.2. The van der Waals surface area contributed by atoms with E-state index in [0.29, 0.717) is 30.9 Å². The van der Waals surface area contributed by atoms with Crippen LogP contribution in [0.25, 0.3) is 27.9 Å². The molecule has 3 heterocycles. The van der Waals surface area contributed by atoms with Crippen LogP contribution in [0.3, 0.4) is 0 Å². The molecule has 1 fully saturated rings. The lowest BCUT2D eigenvalue weighted by atomic mass is 10.1. The molecule has 0 spiro atoms. The van der Waals surface area contributed by atoms with Gasteiger partial charge in [0, 0.05) is 37.1 Å². The Kier molecular flexibility index (Phi) is 5.92. The highest BCUT2D eigenvalue weighted by Crippen LogP contribution is 2.29. The molecule has 1 aliphatic rings. The van der Waals surface area contributed by atoms with E-state index in [1.165, 1.54) is 5.56 Å². The minimum atomic E-state index is -0.0134. The van der Waals surface area contributed by atoms with Gasteiger partial charge in [-0.25, -0.2) is 9.38 Å². The van der Waals surface area contributed by atoms with Crippen LogP contribution in [0.5, 0.6) is 5.75 Å². The van der Waals surface area contributed by atoms with Crippen molar-refractivity contribution in [3.63, 3.8) is 0 Å². The summed E-state index contributed by atoms with van der Waals surface area (Å²) in [6.07, 6.45) is 0.818. The molecule has 1 amide bonds. The van der Waals surface area contributed by atoms with Gasteiger partial charge in [0.1, 0.15) is 5.75 Å². The second kappa shape index (κ2) is 9.54. The molecule has 0 radical (unpaired) electrons. The number of nitrogens with zero attached hydrogens (tertiary/aromatic N) is 6. The first-order valence-corrected chi connectivity index (χ1v) is 12.5. The molecule has 0 N–H and O–H groups in total. The Labute approximate surface area is 215 Å². The molecular weight excluding hydrogens is 464 g/mol. The zero-order valence-corrected chi connectivity index (χ0v) is 21.0. The van der Waals surface area contributed by atoms with Crippen LogP contribution < -0.4 is 9.64 Å². The number of anilines is 1. The highest BCUT2D eigenvalue weighted by Gasteiger charge is 2.26. The van der Waals surface area contributed by atoms with Gasteiger partial charge >= 0.3 is 0 Å². The number of carbonyl (C=O) groups excluding carboxylic acids is 1. The van der Waals surface area contributed by atoms with E-state index >= 15 is 0 Å². The van der Waals surface area contributed by atoms with Gasteiger partial charge in [-0.1, -0.05) is 54.1 Å². The first-order chi connectivity index (χ1) is 18.1. The number of amides is 1. The molecule has 0 unspecified atom stereocenters. The Morgan fingerprint density at radius 1 is 0.865 bits per heavy atom. The molecule has 0 aliphatic carbocycles. The van der Waals surface area contributed by atoms with E-state index in [4.69, 9.17) is 9.72 Å². The first kappa shape index (κ1) is 23.0. The van der Waals surface area contributed by atoms with Crippen molar-refractivity contribution in [3.05, 3.63) is 83.9 Å². The minimum Gasteiger partial charge on any atom is -0.496 e. The number of aryl methyl sites for hydroxylation is 1. The molecule has 8 heteroatoms. The highest BCUT2D eigenvalue weighted by molar-refractivity contribution is 5.97. The van der Waals surface area contributed by atoms with Crippen LogP contribution in [-0.2, 0) is 0 Å². The van der Waals surface area contributed by atoms with Gasteiger partial charge in [0.25, 0.3) is 5.91 Å². The van der Waals surface area contributed by atoms with E-state index in [1.807, 2.05) is 53.4 Å². The summed E-state index contributed by atoms with van der Waals surface area (Å²) in [6.45, 7) is 4.72. The number of carbonyl (C=O) groups is 1. The summed E-state index contributed by atoms with van der Waals surface area (Å²) >= 11 is 0. The average Bonchev–Trinajstić information content (AvgIpc) is 3.24. The van der Waals surface area contributed by atoms with E-state index in [1.54, 1.807) is 7.11 Å². The van der Waals surface area contributed by atoms with E-state index in [0.717, 1.165) is 46.9 Å². The van der Waals surface area contributed by atoms with Gasteiger partial charge in [-0.15, -0.1) is 10.2 Å². The Bertz CT molecular complexity index is 1590. The summed E-state index contributed by atoms with van der Waals surface area (Å²) in [4.78, 5) is 22.6. The average molecular weight is 493 g/mol. The maximum atomic E-state index is 13.4. The monoisotopic (exact) mass is 492 g/mol. The molecule has 0 atom stereocenters. The van der Waals surface area contributed by atoms with Crippen LogP contribution in [0.1, 0.15) is 22.3 Å². The van der Waals surface area contributed by atoms with Gasteiger partial charge < -0.3 is 14.5 Å². The number of aromatic nitrogens is 4. The number of ether oxygens (including phenoxy) is 1. The summed E-state index contributed by atoms with van der Waals surface area (Å²) < 4.78 is 7.50. The van der Waals surface area contributed by atoms with Crippen molar-refractivity contribution in [1.82, 2.24) is 24.5 Å². The number of rotatable bonds is 4. The van der Waals surface area contributed by atoms with Gasteiger partial charge in [-0.05, 0) is 37.6 Å². The number of para-hydroxylation sites is 2. The molecule has 8 nitrogen and oxygen atoms in total. The third-order valence-electron chi connectivity index (χ3n) is 6.94. The Balaban J connectivity index is 1.39. The van der Waals surface area contributed by atoms with Crippen molar-refractivity contribution in [2.45, 2.75) is 13.3 Å². The smallest absolute Gasteiger partial charge is 0.257 e. The predicted molar refractivity (Wildman–Crippen MR) is 144 cm³/mol. The van der Waals surface area contributed by atoms with Crippen LogP contribution in [-0.4, -0.2) is 63.7 Å².